The Morgan fingerprint density at radius 1 is 1.11 bits per heavy atom. The van der Waals surface area contributed by atoms with Crippen LogP contribution in [0, 0.1) is 5.92 Å². The van der Waals surface area contributed by atoms with Crippen LogP contribution in [0.1, 0.15) is 51.9 Å². The number of benzene rings is 1. The Labute approximate surface area is 168 Å². The fourth-order valence-corrected chi connectivity index (χ4v) is 4.44. The zero-order valence-electron chi connectivity index (χ0n) is 17.2. The molecule has 1 saturated heterocycles. The van der Waals surface area contributed by atoms with Gasteiger partial charge in [-0.25, -0.2) is 4.79 Å². The van der Waals surface area contributed by atoms with Gasteiger partial charge in [0.15, 0.2) is 0 Å². The molecule has 3 rings (SSSR count). The number of nitrogens with one attached hydrogen (secondary N) is 1. The molecule has 1 saturated carbocycles. The van der Waals surface area contributed by atoms with Crippen molar-refractivity contribution >= 4 is 17.6 Å². The molecule has 1 aromatic rings. The zero-order valence-corrected chi connectivity index (χ0v) is 17.2. The second-order valence-electron chi connectivity index (χ2n) is 7.83. The van der Waals surface area contributed by atoms with E-state index in [1.54, 1.807) is 0 Å². The van der Waals surface area contributed by atoms with Gasteiger partial charge >= 0.3 is 6.03 Å². The average Bonchev–Trinajstić information content (AvgIpc) is 3.16. The minimum absolute atomic E-state index is 0.0210. The summed E-state index contributed by atoms with van der Waals surface area (Å²) in [6.07, 6.45) is 6.94. The van der Waals surface area contributed by atoms with E-state index in [1.165, 1.54) is 0 Å². The monoisotopic (exact) mass is 387 g/mol. The maximum Gasteiger partial charge on any atom is 0.322 e. The molecule has 6 nitrogen and oxygen atoms in total. The molecule has 0 bridgehead atoms. The molecule has 1 aliphatic heterocycles. The Hall–Kier alpha value is -2.24. The summed E-state index contributed by atoms with van der Waals surface area (Å²) in [6.45, 7) is 3.98. The number of rotatable bonds is 3. The van der Waals surface area contributed by atoms with Crippen molar-refractivity contribution < 1.29 is 14.3 Å². The van der Waals surface area contributed by atoms with Gasteiger partial charge in [0.05, 0.1) is 18.2 Å². The van der Waals surface area contributed by atoms with E-state index in [-0.39, 0.29) is 23.9 Å². The number of nitrogens with zero attached hydrogens (tertiary/aromatic N) is 2. The van der Waals surface area contributed by atoms with E-state index in [0.29, 0.717) is 24.6 Å². The van der Waals surface area contributed by atoms with Crippen molar-refractivity contribution in [2.45, 2.75) is 57.9 Å². The smallest absolute Gasteiger partial charge is 0.322 e. The molecule has 2 aliphatic rings. The number of para-hydroxylation sites is 2. The number of anilines is 1. The summed E-state index contributed by atoms with van der Waals surface area (Å²) < 4.78 is 5.65. The summed E-state index contributed by atoms with van der Waals surface area (Å²) >= 11 is 0. The second kappa shape index (κ2) is 9.80. The van der Waals surface area contributed by atoms with Gasteiger partial charge in [-0.1, -0.05) is 31.4 Å². The highest BCUT2D eigenvalue weighted by Crippen LogP contribution is 2.33. The number of carbonyl (C=O) groups is 2. The summed E-state index contributed by atoms with van der Waals surface area (Å²) in [4.78, 5) is 30.0. The Bertz CT molecular complexity index is 679. The van der Waals surface area contributed by atoms with E-state index in [9.17, 15) is 9.59 Å². The minimum atomic E-state index is -0.126. The Kier molecular flexibility index (Phi) is 7.18. The van der Waals surface area contributed by atoms with Crippen molar-refractivity contribution in [2.24, 2.45) is 5.92 Å². The van der Waals surface area contributed by atoms with Gasteiger partial charge in [0.2, 0.25) is 5.91 Å². The number of ether oxygens (including phenoxy) is 1. The Balaban J connectivity index is 1.80. The lowest BCUT2D eigenvalue weighted by Gasteiger charge is -2.34. The maximum absolute atomic E-state index is 13.2. The first-order valence-electron chi connectivity index (χ1n) is 10.7. The van der Waals surface area contributed by atoms with Crippen LogP contribution in [-0.2, 0) is 4.79 Å². The number of fused-ring (bicyclic) bond motifs is 1. The van der Waals surface area contributed by atoms with Gasteiger partial charge in [-0.2, -0.15) is 0 Å². The Morgan fingerprint density at radius 3 is 2.64 bits per heavy atom. The van der Waals surface area contributed by atoms with Crippen LogP contribution in [0.4, 0.5) is 10.5 Å². The SMILES string of the molecule is CCOc1ccccc1NC(=O)N1CCCCCCN(C)C(=O)C2CCCC21. The van der Waals surface area contributed by atoms with Gasteiger partial charge in [-0.05, 0) is 44.7 Å². The maximum atomic E-state index is 13.2. The van der Waals surface area contributed by atoms with Crippen molar-refractivity contribution in [1.29, 1.82) is 0 Å². The van der Waals surface area contributed by atoms with Crippen LogP contribution in [0.5, 0.6) is 5.75 Å². The van der Waals surface area contributed by atoms with Gasteiger partial charge < -0.3 is 19.9 Å². The molecule has 6 heteroatoms. The van der Waals surface area contributed by atoms with Crippen LogP contribution in [0.3, 0.4) is 0 Å². The summed E-state index contributed by atoms with van der Waals surface area (Å²) in [5.74, 6) is 0.780. The van der Waals surface area contributed by atoms with E-state index >= 15 is 0 Å². The fraction of sp³-hybridized carbons (Fsp3) is 0.636. The molecule has 0 radical (unpaired) electrons. The van der Waals surface area contributed by atoms with E-state index in [4.69, 9.17) is 4.74 Å². The quantitative estimate of drug-likeness (QED) is 0.849. The van der Waals surface area contributed by atoms with Crippen LogP contribution < -0.4 is 10.1 Å². The number of urea groups is 1. The average molecular weight is 388 g/mol. The predicted molar refractivity (Wildman–Crippen MR) is 111 cm³/mol. The number of hydrogen-bond donors (Lipinski definition) is 1. The summed E-state index contributed by atoms with van der Waals surface area (Å²) in [5, 5.41) is 3.04. The molecule has 0 aromatic heterocycles. The van der Waals surface area contributed by atoms with Gasteiger partial charge in [0.25, 0.3) is 0 Å². The third-order valence-corrected chi connectivity index (χ3v) is 5.91. The van der Waals surface area contributed by atoms with E-state index in [0.717, 1.165) is 51.5 Å². The van der Waals surface area contributed by atoms with Crippen LogP contribution in [0.15, 0.2) is 24.3 Å². The topological polar surface area (TPSA) is 61.9 Å². The van der Waals surface area contributed by atoms with Crippen LogP contribution in [0.25, 0.3) is 0 Å². The lowest BCUT2D eigenvalue weighted by molar-refractivity contribution is -0.135. The third-order valence-electron chi connectivity index (χ3n) is 5.91. The zero-order chi connectivity index (χ0) is 19.9. The van der Waals surface area contributed by atoms with Gasteiger partial charge in [0, 0.05) is 26.2 Å². The Morgan fingerprint density at radius 2 is 1.86 bits per heavy atom. The molecule has 2 fully saturated rings. The molecule has 0 spiro atoms. The molecule has 2 unspecified atom stereocenters. The summed E-state index contributed by atoms with van der Waals surface area (Å²) in [7, 11) is 1.90. The highest BCUT2D eigenvalue weighted by Gasteiger charge is 2.40. The van der Waals surface area contributed by atoms with E-state index in [1.807, 2.05) is 48.0 Å². The van der Waals surface area contributed by atoms with Crippen molar-refractivity contribution in [2.75, 3.05) is 32.1 Å². The highest BCUT2D eigenvalue weighted by molar-refractivity contribution is 5.92. The molecule has 1 N–H and O–H groups in total. The van der Waals surface area contributed by atoms with E-state index < -0.39 is 0 Å². The van der Waals surface area contributed by atoms with Gasteiger partial charge in [-0.3, -0.25) is 4.79 Å². The highest BCUT2D eigenvalue weighted by atomic mass is 16.5. The largest absolute Gasteiger partial charge is 0.492 e. The molecule has 1 aromatic carbocycles. The normalized spacial score (nSPS) is 23.7. The molecular formula is C22H33N3O3. The molecule has 1 aliphatic carbocycles. The lowest BCUT2D eigenvalue weighted by atomic mass is 10.00. The molecular weight excluding hydrogens is 354 g/mol. The second-order valence-corrected chi connectivity index (χ2v) is 7.83. The number of carbonyl (C=O) groups excluding carboxylic acids is 2. The molecule has 154 valence electrons. The lowest BCUT2D eigenvalue weighted by Crippen LogP contribution is -2.49. The van der Waals surface area contributed by atoms with Crippen molar-refractivity contribution in [3.8, 4) is 5.75 Å². The van der Waals surface area contributed by atoms with Gasteiger partial charge in [-0.15, -0.1) is 0 Å². The molecule has 1 heterocycles. The molecule has 28 heavy (non-hydrogen) atoms. The molecule has 3 amide bonds. The van der Waals surface area contributed by atoms with Crippen LogP contribution >= 0.6 is 0 Å². The van der Waals surface area contributed by atoms with Crippen molar-refractivity contribution in [3.63, 3.8) is 0 Å². The standard InChI is InChI=1S/C22H33N3O3/c1-3-28-20-14-7-6-12-18(20)23-22(27)25-16-9-5-4-8-15-24(2)21(26)17-11-10-13-19(17)25/h6-7,12,14,17,19H,3-5,8-11,13,15-16H2,1-2H3,(H,23,27). The van der Waals surface area contributed by atoms with Crippen LogP contribution in [0.2, 0.25) is 0 Å². The predicted octanol–water partition coefficient (Wildman–Crippen LogP) is 4.12. The third kappa shape index (κ3) is 4.78. The van der Waals surface area contributed by atoms with E-state index in [2.05, 4.69) is 5.32 Å². The van der Waals surface area contributed by atoms with Crippen molar-refractivity contribution in [1.82, 2.24) is 9.80 Å². The first-order chi connectivity index (χ1) is 13.6. The number of hydrogen-bond acceptors (Lipinski definition) is 3. The fourth-order valence-electron chi connectivity index (χ4n) is 4.44. The summed E-state index contributed by atoms with van der Waals surface area (Å²) in [5.41, 5.74) is 0.682. The first-order valence-corrected chi connectivity index (χ1v) is 10.7. The molecule has 2 atom stereocenters. The first kappa shape index (κ1) is 20.5. The van der Waals surface area contributed by atoms with Crippen molar-refractivity contribution in [3.05, 3.63) is 24.3 Å². The summed E-state index contributed by atoms with van der Waals surface area (Å²) in [6, 6.07) is 7.37. The minimum Gasteiger partial charge on any atom is -0.492 e. The number of amides is 3. The van der Waals surface area contributed by atoms with Crippen LogP contribution in [-0.4, -0.2) is 54.5 Å². The van der Waals surface area contributed by atoms with Gasteiger partial charge in [0.1, 0.15) is 5.75 Å².